The van der Waals surface area contributed by atoms with E-state index in [2.05, 4.69) is 20.8 Å². The van der Waals surface area contributed by atoms with E-state index >= 15 is 0 Å². The van der Waals surface area contributed by atoms with Gasteiger partial charge in [-0.2, -0.15) is 11.3 Å². The highest BCUT2D eigenvalue weighted by Gasteiger charge is 2.21. The highest BCUT2D eigenvalue weighted by Crippen LogP contribution is 2.30. The third-order valence-corrected chi connectivity index (χ3v) is 6.94. The van der Waals surface area contributed by atoms with Gasteiger partial charge in [-0.15, -0.1) is 0 Å². The van der Waals surface area contributed by atoms with Crippen molar-refractivity contribution >= 4 is 25.4 Å². The molecular formula is C14H25FSSi. The lowest BCUT2D eigenvalue weighted by Crippen LogP contribution is -2.25. The molecule has 0 aliphatic rings. The predicted octanol–water partition coefficient (Wildman–Crippen LogP) is 4.24. The first-order valence-electron chi connectivity index (χ1n) is 6.77. The topological polar surface area (TPSA) is 0 Å². The molecule has 0 bridgehead atoms. The molecule has 98 valence electrons. The maximum absolute atomic E-state index is 13.4. The van der Waals surface area contributed by atoms with Crippen LogP contribution >= 0.6 is 11.3 Å². The summed E-state index contributed by atoms with van der Waals surface area (Å²) in [5, 5.41) is 2.26. The van der Waals surface area contributed by atoms with Gasteiger partial charge >= 0.3 is 0 Å². The number of halogens is 1. The average Bonchev–Trinajstić information content (AvgIpc) is 2.63. The molecule has 0 aromatic carbocycles. The van der Waals surface area contributed by atoms with Gasteiger partial charge in [0.2, 0.25) is 0 Å². The Morgan fingerprint density at radius 3 is 2.53 bits per heavy atom. The summed E-state index contributed by atoms with van der Waals surface area (Å²) in [6.45, 7) is 6.88. The number of thiophene rings is 1. The minimum absolute atomic E-state index is 0.0423. The molecule has 1 aromatic heterocycles. The molecule has 0 saturated carbocycles. The molecule has 0 aliphatic heterocycles. The second-order valence-corrected chi connectivity index (χ2v) is 10.2. The van der Waals surface area contributed by atoms with E-state index in [1.165, 1.54) is 38.5 Å². The molecule has 0 nitrogen and oxygen atoms in total. The van der Waals surface area contributed by atoms with Crippen molar-refractivity contribution in [1.82, 2.24) is 0 Å². The Morgan fingerprint density at radius 1 is 1.24 bits per heavy atom. The molecule has 0 aliphatic carbocycles. The maximum Gasteiger partial charge on any atom is 0.132 e. The van der Waals surface area contributed by atoms with Crippen LogP contribution in [0.2, 0.25) is 5.04 Å². The molecule has 1 aromatic rings. The fourth-order valence-electron chi connectivity index (χ4n) is 2.18. The van der Waals surface area contributed by atoms with Crippen molar-refractivity contribution in [2.75, 3.05) is 0 Å². The lowest BCUT2D eigenvalue weighted by Gasteiger charge is -2.23. The van der Waals surface area contributed by atoms with Crippen molar-refractivity contribution in [1.29, 1.82) is 0 Å². The van der Waals surface area contributed by atoms with Crippen LogP contribution < -0.4 is 4.50 Å². The highest BCUT2D eigenvalue weighted by molar-refractivity contribution is 7.20. The predicted molar refractivity (Wildman–Crippen MR) is 79.9 cm³/mol. The first-order valence-corrected chi connectivity index (χ1v) is 9.06. The molecule has 1 rings (SSSR count). The number of unbranched alkanes of at least 4 members (excludes halogenated alkanes) is 4. The standard InChI is InChI=1S/C14H25FSSi/c1-4-5-6-7-8-10-14(2,3)17-13-12(15)9-11-16-13/h9,11H,4-8,10,17H2,1-3H3. The second-order valence-electron chi connectivity index (χ2n) is 5.70. The molecule has 0 atom stereocenters. The van der Waals surface area contributed by atoms with Gasteiger partial charge in [0.25, 0.3) is 0 Å². The molecule has 0 N–H and O–H groups in total. The van der Waals surface area contributed by atoms with Crippen LogP contribution in [-0.4, -0.2) is 9.52 Å². The molecule has 1 heterocycles. The average molecular weight is 273 g/mol. The Kier molecular flexibility index (Phi) is 6.42. The zero-order chi connectivity index (χ0) is 12.7. The fourth-order valence-corrected chi connectivity index (χ4v) is 6.09. The minimum atomic E-state index is -0.466. The van der Waals surface area contributed by atoms with Gasteiger partial charge in [-0.25, -0.2) is 4.39 Å². The Labute approximate surface area is 111 Å². The maximum atomic E-state index is 13.4. The highest BCUT2D eigenvalue weighted by atomic mass is 32.1. The Morgan fingerprint density at radius 2 is 1.94 bits per heavy atom. The minimum Gasteiger partial charge on any atom is -0.206 e. The van der Waals surface area contributed by atoms with Crippen molar-refractivity contribution < 1.29 is 4.39 Å². The summed E-state index contributed by atoms with van der Waals surface area (Å²) >= 11 is 1.61. The van der Waals surface area contributed by atoms with Crippen LogP contribution in [0.4, 0.5) is 4.39 Å². The van der Waals surface area contributed by atoms with Gasteiger partial charge in [-0.1, -0.05) is 59.3 Å². The SMILES string of the molecule is CCCCCCCC(C)(C)[SiH2]c1sccc1F. The molecule has 0 radical (unpaired) electrons. The van der Waals surface area contributed by atoms with Crippen molar-refractivity contribution in [2.24, 2.45) is 0 Å². The van der Waals surface area contributed by atoms with E-state index < -0.39 is 9.52 Å². The fraction of sp³-hybridized carbons (Fsp3) is 0.714. The summed E-state index contributed by atoms with van der Waals surface area (Å²) in [7, 11) is -0.466. The Hall–Kier alpha value is -0.153. The van der Waals surface area contributed by atoms with Crippen LogP contribution in [0.1, 0.15) is 59.3 Å². The van der Waals surface area contributed by atoms with Crippen molar-refractivity contribution in [2.45, 2.75) is 64.3 Å². The first-order chi connectivity index (χ1) is 8.05. The van der Waals surface area contributed by atoms with E-state index in [0.717, 1.165) is 4.50 Å². The zero-order valence-corrected chi connectivity index (χ0v) is 13.6. The smallest absolute Gasteiger partial charge is 0.132 e. The van der Waals surface area contributed by atoms with Crippen LogP contribution in [0.25, 0.3) is 0 Å². The summed E-state index contributed by atoms with van der Waals surface area (Å²) in [5.41, 5.74) is 0. The molecule has 0 amide bonds. The molecule has 0 unspecified atom stereocenters. The van der Waals surface area contributed by atoms with Crippen LogP contribution in [0.15, 0.2) is 11.4 Å². The summed E-state index contributed by atoms with van der Waals surface area (Å²) in [6, 6.07) is 1.62. The third kappa shape index (κ3) is 5.82. The van der Waals surface area contributed by atoms with E-state index in [4.69, 9.17) is 0 Å². The lowest BCUT2D eigenvalue weighted by molar-refractivity contribution is 0.531. The van der Waals surface area contributed by atoms with Crippen molar-refractivity contribution in [3.05, 3.63) is 17.3 Å². The largest absolute Gasteiger partial charge is 0.206 e. The first kappa shape index (κ1) is 14.9. The molecule has 3 heteroatoms. The van der Waals surface area contributed by atoms with E-state index in [1.807, 2.05) is 5.38 Å². The number of rotatable bonds is 8. The van der Waals surface area contributed by atoms with Crippen molar-refractivity contribution in [3.8, 4) is 0 Å². The lowest BCUT2D eigenvalue weighted by atomic mass is 10.0. The van der Waals surface area contributed by atoms with Gasteiger partial charge in [0, 0.05) is 4.50 Å². The van der Waals surface area contributed by atoms with Gasteiger partial charge in [0.15, 0.2) is 0 Å². The molecule has 0 fully saturated rings. The van der Waals surface area contributed by atoms with Crippen molar-refractivity contribution in [3.63, 3.8) is 0 Å². The molecule has 0 saturated heterocycles. The molecular weight excluding hydrogens is 247 g/mol. The van der Waals surface area contributed by atoms with Gasteiger partial charge < -0.3 is 0 Å². The van der Waals surface area contributed by atoms with Gasteiger partial charge in [0.1, 0.15) is 5.82 Å². The van der Waals surface area contributed by atoms with Gasteiger partial charge in [-0.05, 0) is 16.5 Å². The number of hydrogen-bond donors (Lipinski definition) is 0. The van der Waals surface area contributed by atoms with E-state index in [-0.39, 0.29) is 5.82 Å². The van der Waals surface area contributed by atoms with Crippen LogP contribution in [0, 0.1) is 5.82 Å². The monoisotopic (exact) mass is 272 g/mol. The van der Waals surface area contributed by atoms with E-state index in [9.17, 15) is 4.39 Å². The second kappa shape index (κ2) is 7.32. The van der Waals surface area contributed by atoms with Crippen LogP contribution in [0.3, 0.4) is 0 Å². The normalized spacial score (nSPS) is 12.7. The van der Waals surface area contributed by atoms with Gasteiger partial charge in [0.05, 0.1) is 9.52 Å². The van der Waals surface area contributed by atoms with Crippen LogP contribution in [0.5, 0.6) is 0 Å². The third-order valence-electron chi connectivity index (χ3n) is 3.29. The number of hydrogen-bond acceptors (Lipinski definition) is 1. The summed E-state index contributed by atoms with van der Waals surface area (Å²) in [6.07, 6.45) is 7.95. The zero-order valence-electron chi connectivity index (χ0n) is 11.4. The Bertz CT molecular complexity index is 320. The molecule has 17 heavy (non-hydrogen) atoms. The quantitative estimate of drug-likeness (QED) is 0.490. The Balaban J connectivity index is 2.28. The van der Waals surface area contributed by atoms with Gasteiger partial charge in [-0.3, -0.25) is 0 Å². The van der Waals surface area contributed by atoms with Crippen LogP contribution in [-0.2, 0) is 0 Å². The van der Waals surface area contributed by atoms with E-state index in [1.54, 1.807) is 17.4 Å². The summed E-state index contributed by atoms with van der Waals surface area (Å²) in [5.74, 6) is 0.0423. The van der Waals surface area contributed by atoms with E-state index in [0.29, 0.717) is 5.04 Å². The molecule has 0 spiro atoms. The summed E-state index contributed by atoms with van der Waals surface area (Å²) < 4.78 is 14.5. The summed E-state index contributed by atoms with van der Waals surface area (Å²) in [4.78, 5) is 0.